The molecule has 1 aromatic carbocycles. The molecule has 0 bridgehead atoms. The number of nitrogens with zero attached hydrogens (tertiary/aromatic N) is 6. The van der Waals surface area contributed by atoms with Crippen LogP contribution in [0.3, 0.4) is 0 Å². The third kappa shape index (κ3) is 4.16. The van der Waals surface area contributed by atoms with Gasteiger partial charge in [-0.1, -0.05) is 23.4 Å². The van der Waals surface area contributed by atoms with Gasteiger partial charge in [-0.05, 0) is 36.8 Å². The molecule has 0 saturated carbocycles. The minimum absolute atomic E-state index is 0.156. The van der Waals surface area contributed by atoms with Crippen molar-refractivity contribution in [3.63, 3.8) is 0 Å². The molecular formula is C22H22N6O5. The van der Waals surface area contributed by atoms with Crippen LogP contribution in [-0.2, 0) is 25.7 Å². The van der Waals surface area contributed by atoms with Crippen molar-refractivity contribution in [2.45, 2.75) is 25.6 Å². The van der Waals surface area contributed by atoms with E-state index in [9.17, 15) is 19.2 Å². The number of esters is 1. The van der Waals surface area contributed by atoms with Gasteiger partial charge >= 0.3 is 5.97 Å². The summed E-state index contributed by atoms with van der Waals surface area (Å²) in [6, 6.07) is 10.4. The second-order valence-electron chi connectivity index (χ2n) is 7.73. The van der Waals surface area contributed by atoms with Gasteiger partial charge in [0.25, 0.3) is 17.7 Å². The number of hydrogen-bond acceptors (Lipinski definition) is 9. The number of carbonyl (C=O) groups is 4. The van der Waals surface area contributed by atoms with Crippen molar-refractivity contribution in [1.29, 1.82) is 0 Å². The first-order chi connectivity index (χ1) is 15.8. The number of ether oxygens (including phenoxy) is 1. The van der Waals surface area contributed by atoms with Crippen LogP contribution in [0.15, 0.2) is 52.8 Å². The molecule has 0 radical (unpaired) electrons. The van der Waals surface area contributed by atoms with Gasteiger partial charge in [-0.3, -0.25) is 34.0 Å². The highest BCUT2D eigenvalue weighted by atomic mass is 16.5. The van der Waals surface area contributed by atoms with Gasteiger partial charge in [0.05, 0.1) is 13.7 Å². The van der Waals surface area contributed by atoms with E-state index in [-0.39, 0.29) is 12.5 Å². The second-order valence-corrected chi connectivity index (χ2v) is 7.73. The zero-order valence-corrected chi connectivity index (χ0v) is 18.3. The van der Waals surface area contributed by atoms with Crippen molar-refractivity contribution in [3.8, 4) is 0 Å². The lowest BCUT2D eigenvalue weighted by atomic mass is 10.1. The third-order valence-corrected chi connectivity index (χ3v) is 5.50. The van der Waals surface area contributed by atoms with Gasteiger partial charge in [0, 0.05) is 18.3 Å². The molecule has 4 rings (SSSR count). The summed E-state index contributed by atoms with van der Waals surface area (Å²) >= 11 is 0. The zero-order chi connectivity index (χ0) is 23.7. The fourth-order valence-corrected chi connectivity index (χ4v) is 3.76. The summed E-state index contributed by atoms with van der Waals surface area (Å²) in [6.07, 6.45) is 0. The van der Waals surface area contributed by atoms with E-state index in [2.05, 4.69) is 20.1 Å². The Labute approximate surface area is 189 Å². The molecule has 11 nitrogen and oxygen atoms in total. The zero-order valence-electron chi connectivity index (χ0n) is 18.3. The third-order valence-electron chi connectivity index (χ3n) is 5.50. The summed E-state index contributed by atoms with van der Waals surface area (Å²) in [5.41, 5.74) is 1.94. The second kappa shape index (κ2) is 8.77. The summed E-state index contributed by atoms with van der Waals surface area (Å²) in [6.45, 7) is 1.54. The van der Waals surface area contributed by atoms with Crippen LogP contribution in [0.1, 0.15) is 21.6 Å². The Balaban J connectivity index is 1.49. The molecule has 0 aliphatic carbocycles. The molecule has 0 spiro atoms. The van der Waals surface area contributed by atoms with Crippen molar-refractivity contribution in [1.82, 2.24) is 14.9 Å². The minimum Gasteiger partial charge on any atom is -0.468 e. The van der Waals surface area contributed by atoms with Crippen LogP contribution in [-0.4, -0.2) is 71.4 Å². The number of rotatable bonds is 6. The number of benzene rings is 1. The van der Waals surface area contributed by atoms with Crippen LogP contribution in [0.25, 0.3) is 0 Å². The van der Waals surface area contributed by atoms with Crippen molar-refractivity contribution in [2.24, 2.45) is 10.3 Å². The molecule has 1 saturated heterocycles. The van der Waals surface area contributed by atoms with Crippen LogP contribution in [0.2, 0.25) is 0 Å². The monoisotopic (exact) mass is 450 g/mol. The number of imide groups is 1. The van der Waals surface area contributed by atoms with E-state index >= 15 is 0 Å². The Bertz CT molecular complexity index is 1170. The number of amides is 3. The molecule has 1 aromatic heterocycles. The normalized spacial score (nSPS) is 19.1. The average molecular weight is 450 g/mol. The van der Waals surface area contributed by atoms with Gasteiger partial charge in [-0.25, -0.2) is 4.98 Å². The highest BCUT2D eigenvalue weighted by molar-refractivity contribution is 6.11. The Morgan fingerprint density at radius 3 is 2.61 bits per heavy atom. The molecule has 33 heavy (non-hydrogen) atoms. The number of aromatic nitrogens is 1. The Kier molecular flexibility index (Phi) is 5.86. The Hall–Kier alpha value is -4.15. The SMILES string of the molecule is COC(=O)CN1C(=O)[C@@H]2[C@@H](N=NN2Cc2cccc(C(=O)N(C)c3cccc(C)n3)c2)C1=O. The molecule has 0 N–H and O–H groups in total. The number of fused-ring (bicyclic) bond motifs is 1. The Morgan fingerprint density at radius 2 is 1.88 bits per heavy atom. The number of likely N-dealkylation sites (tertiary alicyclic amines) is 1. The summed E-state index contributed by atoms with van der Waals surface area (Å²) < 4.78 is 4.55. The van der Waals surface area contributed by atoms with Crippen molar-refractivity contribution in [2.75, 3.05) is 25.6 Å². The summed E-state index contributed by atoms with van der Waals surface area (Å²) in [4.78, 5) is 56.5. The lowest BCUT2D eigenvalue weighted by Crippen LogP contribution is -2.41. The van der Waals surface area contributed by atoms with E-state index in [1.807, 2.05) is 19.1 Å². The van der Waals surface area contributed by atoms with Gasteiger partial charge in [0.2, 0.25) is 0 Å². The molecule has 0 unspecified atom stereocenters. The molecule has 2 aliphatic rings. The van der Waals surface area contributed by atoms with Gasteiger partial charge in [-0.15, -0.1) is 0 Å². The molecule has 2 atom stereocenters. The van der Waals surface area contributed by atoms with Gasteiger partial charge in [-0.2, -0.15) is 5.11 Å². The van der Waals surface area contributed by atoms with Crippen molar-refractivity contribution >= 4 is 29.5 Å². The van der Waals surface area contributed by atoms with E-state index in [0.29, 0.717) is 16.9 Å². The molecular weight excluding hydrogens is 428 g/mol. The number of pyridine rings is 1. The lowest BCUT2D eigenvalue weighted by Gasteiger charge is -2.21. The van der Waals surface area contributed by atoms with E-state index < -0.39 is 36.4 Å². The molecule has 2 aliphatic heterocycles. The summed E-state index contributed by atoms with van der Waals surface area (Å²) in [7, 11) is 2.83. The maximum Gasteiger partial charge on any atom is 0.325 e. The fraction of sp³-hybridized carbons (Fsp3) is 0.318. The highest BCUT2D eigenvalue weighted by Crippen LogP contribution is 2.29. The first-order valence-corrected chi connectivity index (χ1v) is 10.2. The number of anilines is 1. The van der Waals surface area contributed by atoms with Crippen LogP contribution in [0, 0.1) is 6.92 Å². The summed E-state index contributed by atoms with van der Waals surface area (Å²) in [5.74, 6) is -1.55. The molecule has 1 fully saturated rings. The standard InChI is InChI=1S/C22H22N6O5/c1-13-6-4-9-16(23-13)26(2)20(30)15-8-5-7-14(10-15)11-28-19-18(24-25-28)21(31)27(22(19)32)12-17(29)33-3/h4-10,18-19H,11-12H2,1-3H3/t18-,19+/m1/s1. The molecule has 3 heterocycles. The topological polar surface area (TPSA) is 125 Å². The van der Waals surface area contributed by atoms with Gasteiger partial charge in [0.15, 0.2) is 12.1 Å². The lowest BCUT2D eigenvalue weighted by molar-refractivity contribution is -0.151. The van der Waals surface area contributed by atoms with Crippen molar-refractivity contribution < 1.29 is 23.9 Å². The smallest absolute Gasteiger partial charge is 0.325 e. The summed E-state index contributed by atoms with van der Waals surface area (Å²) in [5, 5.41) is 9.31. The number of aryl methyl sites for hydroxylation is 1. The average Bonchev–Trinajstić information content (AvgIpc) is 3.33. The van der Waals surface area contributed by atoms with E-state index in [4.69, 9.17) is 0 Å². The minimum atomic E-state index is -0.995. The molecule has 170 valence electrons. The van der Waals surface area contributed by atoms with E-state index in [0.717, 1.165) is 10.6 Å². The highest BCUT2D eigenvalue weighted by Gasteiger charge is 2.54. The van der Waals surface area contributed by atoms with Crippen molar-refractivity contribution in [3.05, 3.63) is 59.3 Å². The van der Waals surface area contributed by atoms with E-state index in [1.165, 1.54) is 17.0 Å². The van der Waals surface area contributed by atoms with Crippen LogP contribution in [0.4, 0.5) is 5.82 Å². The molecule has 3 amide bonds. The number of carbonyl (C=O) groups excluding carboxylic acids is 4. The largest absolute Gasteiger partial charge is 0.468 e. The maximum atomic E-state index is 13.0. The van der Waals surface area contributed by atoms with Crippen LogP contribution in [0.5, 0.6) is 0 Å². The maximum absolute atomic E-state index is 13.0. The van der Waals surface area contributed by atoms with Crippen LogP contribution >= 0.6 is 0 Å². The van der Waals surface area contributed by atoms with Gasteiger partial charge < -0.3 is 4.74 Å². The van der Waals surface area contributed by atoms with E-state index in [1.54, 1.807) is 37.4 Å². The van der Waals surface area contributed by atoms with Crippen LogP contribution < -0.4 is 4.90 Å². The first-order valence-electron chi connectivity index (χ1n) is 10.2. The molecule has 11 heteroatoms. The Morgan fingerprint density at radius 1 is 1.12 bits per heavy atom. The first kappa shape index (κ1) is 22.1. The predicted molar refractivity (Wildman–Crippen MR) is 115 cm³/mol. The number of hydrogen-bond donors (Lipinski definition) is 0. The predicted octanol–water partition coefficient (Wildman–Crippen LogP) is 1.13. The fourth-order valence-electron chi connectivity index (χ4n) is 3.76. The number of methoxy groups -OCH3 is 1. The molecule has 2 aromatic rings. The quantitative estimate of drug-likeness (QED) is 0.477. The van der Waals surface area contributed by atoms with Gasteiger partial charge in [0.1, 0.15) is 12.4 Å².